The van der Waals surface area contributed by atoms with E-state index in [9.17, 15) is 0 Å². The van der Waals surface area contributed by atoms with Gasteiger partial charge in [-0.15, -0.1) is 0 Å². The molecule has 0 amide bonds. The highest BCUT2D eigenvalue weighted by molar-refractivity contribution is 9.10. The first-order valence-corrected chi connectivity index (χ1v) is 7.15. The maximum atomic E-state index is 5.84. The zero-order valence-electron chi connectivity index (χ0n) is 9.02. The Hall–Kier alpha value is -1.17. The molecule has 0 saturated heterocycles. The number of nitrogens with zero attached hydrogens (tertiary/aromatic N) is 2. The van der Waals surface area contributed by atoms with Gasteiger partial charge in [-0.1, -0.05) is 44.9 Å². The number of fused-ring (bicyclic) bond motifs is 1. The van der Waals surface area contributed by atoms with Crippen LogP contribution in [0.15, 0.2) is 40.9 Å². The summed E-state index contributed by atoms with van der Waals surface area (Å²) in [4.78, 5) is 8.65. The van der Waals surface area contributed by atoms with E-state index in [4.69, 9.17) is 11.6 Å². The van der Waals surface area contributed by atoms with Crippen LogP contribution in [-0.2, 0) is 0 Å². The molecule has 90 valence electrons. The summed E-state index contributed by atoms with van der Waals surface area (Å²) in [5.41, 5.74) is 0.965. The summed E-state index contributed by atoms with van der Waals surface area (Å²) in [5, 5.41) is 4.42. The lowest BCUT2D eigenvalue weighted by molar-refractivity contribution is 1.30. The average Bonchev–Trinajstić information content (AvgIpc) is 2.70. The van der Waals surface area contributed by atoms with E-state index in [1.807, 2.05) is 30.3 Å². The summed E-state index contributed by atoms with van der Waals surface area (Å²) in [6, 6.07) is 11.4. The molecule has 3 rings (SSSR count). The smallest absolute Gasteiger partial charge is 0.189 e. The molecule has 0 radical (unpaired) electrons. The van der Waals surface area contributed by atoms with Gasteiger partial charge in [-0.25, -0.2) is 9.97 Å². The van der Waals surface area contributed by atoms with Gasteiger partial charge in [-0.2, -0.15) is 0 Å². The van der Waals surface area contributed by atoms with Crippen molar-refractivity contribution < 1.29 is 0 Å². The van der Waals surface area contributed by atoms with Crippen LogP contribution >= 0.6 is 38.9 Å². The molecule has 0 saturated carbocycles. The highest BCUT2D eigenvalue weighted by atomic mass is 79.9. The molecule has 0 unspecified atom stereocenters. The zero-order valence-corrected chi connectivity index (χ0v) is 12.2. The van der Waals surface area contributed by atoms with Crippen LogP contribution in [0.25, 0.3) is 10.2 Å². The first kappa shape index (κ1) is 11.9. The second-order valence-electron chi connectivity index (χ2n) is 3.60. The molecule has 0 bridgehead atoms. The molecule has 1 N–H and O–H groups in total. The molecule has 0 aliphatic carbocycles. The highest BCUT2D eigenvalue weighted by Gasteiger charge is 2.05. The molecule has 1 aromatic carbocycles. The lowest BCUT2D eigenvalue weighted by atomic mass is 10.3. The van der Waals surface area contributed by atoms with Crippen LogP contribution in [0.1, 0.15) is 0 Å². The minimum absolute atomic E-state index is 0.462. The van der Waals surface area contributed by atoms with Gasteiger partial charge in [-0.3, -0.25) is 0 Å². The third kappa shape index (κ3) is 2.48. The minimum Gasteiger partial charge on any atom is -0.316 e. The third-order valence-electron chi connectivity index (χ3n) is 2.30. The predicted octanol–water partition coefficient (Wildman–Crippen LogP) is 4.85. The number of hydrogen-bond acceptors (Lipinski definition) is 4. The normalized spacial score (nSPS) is 10.8. The van der Waals surface area contributed by atoms with Gasteiger partial charge in [0.2, 0.25) is 0 Å². The Morgan fingerprint density at radius 1 is 1.17 bits per heavy atom. The number of anilines is 2. The minimum atomic E-state index is 0.462. The maximum absolute atomic E-state index is 5.84. The largest absolute Gasteiger partial charge is 0.316 e. The van der Waals surface area contributed by atoms with Gasteiger partial charge in [0.25, 0.3) is 0 Å². The van der Waals surface area contributed by atoms with Crippen LogP contribution < -0.4 is 5.32 Å². The number of hydrogen-bond donors (Lipinski definition) is 1. The van der Waals surface area contributed by atoms with E-state index in [1.165, 1.54) is 0 Å². The van der Waals surface area contributed by atoms with Crippen molar-refractivity contribution in [1.29, 1.82) is 0 Å². The van der Waals surface area contributed by atoms with Crippen LogP contribution in [0.3, 0.4) is 0 Å². The van der Waals surface area contributed by atoms with E-state index in [1.54, 1.807) is 17.4 Å². The summed E-state index contributed by atoms with van der Waals surface area (Å²) in [6.07, 6.45) is 0. The summed E-state index contributed by atoms with van der Waals surface area (Å²) in [7, 11) is 0. The van der Waals surface area contributed by atoms with E-state index in [0.717, 1.165) is 19.8 Å². The average molecular weight is 341 g/mol. The molecule has 0 aliphatic rings. The highest BCUT2D eigenvalue weighted by Crippen LogP contribution is 2.30. The molecule has 2 aromatic heterocycles. The van der Waals surface area contributed by atoms with E-state index in [0.29, 0.717) is 11.0 Å². The molecular formula is C12H7BrClN3S. The number of aromatic nitrogens is 2. The Bertz CT molecular complexity index is 713. The van der Waals surface area contributed by atoms with Crippen molar-refractivity contribution in [2.75, 3.05) is 5.32 Å². The summed E-state index contributed by atoms with van der Waals surface area (Å²) >= 11 is 10.9. The van der Waals surface area contributed by atoms with Crippen molar-refractivity contribution in [2.45, 2.75) is 0 Å². The van der Waals surface area contributed by atoms with Crippen LogP contribution in [0, 0.1) is 0 Å². The topological polar surface area (TPSA) is 37.8 Å². The fraction of sp³-hybridized carbons (Fsp3) is 0. The first-order valence-electron chi connectivity index (χ1n) is 5.16. The Kier molecular flexibility index (Phi) is 3.20. The summed E-state index contributed by atoms with van der Waals surface area (Å²) in [5.74, 6) is 0.695. The monoisotopic (exact) mass is 339 g/mol. The van der Waals surface area contributed by atoms with E-state index < -0.39 is 0 Å². The number of thiazole rings is 1. The van der Waals surface area contributed by atoms with Gasteiger partial charge in [0.15, 0.2) is 5.13 Å². The summed E-state index contributed by atoms with van der Waals surface area (Å²) in [6.45, 7) is 0. The Labute approximate surface area is 121 Å². The van der Waals surface area contributed by atoms with Crippen molar-refractivity contribution in [1.82, 2.24) is 9.97 Å². The van der Waals surface area contributed by atoms with Crippen LogP contribution in [0.5, 0.6) is 0 Å². The molecule has 18 heavy (non-hydrogen) atoms. The molecule has 2 heterocycles. The fourth-order valence-electron chi connectivity index (χ4n) is 1.54. The lowest BCUT2D eigenvalue weighted by Crippen LogP contribution is -1.91. The fourth-order valence-corrected chi connectivity index (χ4v) is 3.13. The van der Waals surface area contributed by atoms with E-state index in [2.05, 4.69) is 31.2 Å². The molecule has 3 nitrogen and oxygen atoms in total. The van der Waals surface area contributed by atoms with Gasteiger partial charge in [0.05, 0.1) is 10.2 Å². The molecular weight excluding hydrogens is 334 g/mol. The molecule has 3 aromatic rings. The van der Waals surface area contributed by atoms with Gasteiger partial charge in [0, 0.05) is 4.47 Å². The Morgan fingerprint density at radius 3 is 2.89 bits per heavy atom. The molecule has 0 aliphatic heterocycles. The SMILES string of the molecule is Clc1cccc(Nc2nc3ccc(Br)cc3s2)n1. The molecule has 6 heteroatoms. The van der Waals surface area contributed by atoms with Gasteiger partial charge in [0.1, 0.15) is 11.0 Å². The number of nitrogens with one attached hydrogen (secondary N) is 1. The van der Waals surface area contributed by atoms with Gasteiger partial charge >= 0.3 is 0 Å². The quantitative estimate of drug-likeness (QED) is 0.678. The standard InChI is InChI=1S/C12H7BrClN3S/c13-7-4-5-8-9(6-7)18-12(15-8)17-11-3-1-2-10(14)16-11/h1-6H,(H,15,16,17). The second-order valence-corrected chi connectivity index (χ2v) is 5.94. The number of rotatable bonds is 2. The van der Waals surface area contributed by atoms with Crippen molar-refractivity contribution in [3.63, 3.8) is 0 Å². The maximum Gasteiger partial charge on any atom is 0.189 e. The van der Waals surface area contributed by atoms with Gasteiger partial charge in [-0.05, 0) is 30.3 Å². The van der Waals surface area contributed by atoms with E-state index in [-0.39, 0.29) is 0 Å². The first-order chi connectivity index (χ1) is 8.70. The van der Waals surface area contributed by atoms with Crippen LogP contribution in [0.2, 0.25) is 5.15 Å². The third-order valence-corrected chi connectivity index (χ3v) is 3.94. The Morgan fingerprint density at radius 2 is 2.06 bits per heavy atom. The van der Waals surface area contributed by atoms with Gasteiger partial charge < -0.3 is 5.32 Å². The van der Waals surface area contributed by atoms with E-state index >= 15 is 0 Å². The number of pyridine rings is 1. The molecule has 0 fully saturated rings. The van der Waals surface area contributed by atoms with Crippen molar-refractivity contribution in [2.24, 2.45) is 0 Å². The van der Waals surface area contributed by atoms with Crippen LogP contribution in [-0.4, -0.2) is 9.97 Å². The van der Waals surface area contributed by atoms with Crippen molar-refractivity contribution in [3.05, 3.63) is 46.0 Å². The number of benzene rings is 1. The van der Waals surface area contributed by atoms with Crippen molar-refractivity contribution >= 4 is 60.0 Å². The second kappa shape index (κ2) is 4.84. The summed E-state index contributed by atoms with van der Waals surface area (Å²) < 4.78 is 2.17. The zero-order chi connectivity index (χ0) is 12.5. The Balaban J connectivity index is 1.95. The van der Waals surface area contributed by atoms with Crippen molar-refractivity contribution in [3.8, 4) is 0 Å². The lowest BCUT2D eigenvalue weighted by Gasteiger charge is -2.00. The predicted molar refractivity (Wildman–Crippen MR) is 79.8 cm³/mol. The number of halogens is 2. The molecule has 0 atom stereocenters. The molecule has 0 spiro atoms. The van der Waals surface area contributed by atoms with Crippen LogP contribution in [0.4, 0.5) is 10.9 Å².